The fourth-order valence-corrected chi connectivity index (χ4v) is 1.54. The van der Waals surface area contributed by atoms with Gasteiger partial charge in [0.25, 0.3) is 5.69 Å². The number of nitro groups is 1. The summed E-state index contributed by atoms with van der Waals surface area (Å²) in [6, 6.07) is 3.44. The minimum Gasteiger partial charge on any atom is -0.330 e. The zero-order valence-corrected chi connectivity index (χ0v) is 9.56. The predicted molar refractivity (Wildman–Crippen MR) is 65.3 cm³/mol. The van der Waals surface area contributed by atoms with Gasteiger partial charge < -0.3 is 5.73 Å². The van der Waals surface area contributed by atoms with E-state index in [2.05, 4.69) is 0 Å². The molecule has 0 saturated carbocycles. The predicted octanol–water partition coefficient (Wildman–Crippen LogP) is 2.57. The van der Waals surface area contributed by atoms with Crippen LogP contribution in [0.2, 0.25) is 0 Å². The lowest BCUT2D eigenvalue weighted by atomic mass is 10.0. The van der Waals surface area contributed by atoms with Crippen molar-refractivity contribution >= 4 is 11.8 Å². The van der Waals surface area contributed by atoms with Crippen molar-refractivity contribution in [1.29, 1.82) is 0 Å². The molecule has 0 atom stereocenters. The quantitative estimate of drug-likeness (QED) is 0.626. The van der Waals surface area contributed by atoms with E-state index in [4.69, 9.17) is 5.73 Å². The third-order valence-corrected chi connectivity index (χ3v) is 2.41. The van der Waals surface area contributed by atoms with Gasteiger partial charge in [0.05, 0.1) is 4.92 Å². The van der Waals surface area contributed by atoms with Gasteiger partial charge in [-0.15, -0.1) is 0 Å². The number of nitrogens with zero attached hydrogens (tertiary/aromatic N) is 1. The van der Waals surface area contributed by atoms with E-state index in [1.54, 1.807) is 13.0 Å². The normalized spacial score (nSPS) is 10.9. The first-order valence-corrected chi connectivity index (χ1v) is 5.18. The second-order valence-corrected chi connectivity index (χ2v) is 3.73. The summed E-state index contributed by atoms with van der Waals surface area (Å²) in [6.07, 6.45) is 4.59. The Balaban J connectivity index is 3.09. The summed E-state index contributed by atoms with van der Waals surface area (Å²) in [4.78, 5) is 10.4. The fourth-order valence-electron chi connectivity index (χ4n) is 1.54. The van der Waals surface area contributed by atoms with E-state index in [0.717, 1.165) is 17.5 Å². The molecule has 0 amide bonds. The van der Waals surface area contributed by atoms with Crippen molar-refractivity contribution in [3.8, 4) is 0 Å². The largest absolute Gasteiger partial charge is 0.330 e. The van der Waals surface area contributed by atoms with Gasteiger partial charge in [0.2, 0.25) is 0 Å². The van der Waals surface area contributed by atoms with Crippen LogP contribution in [0.3, 0.4) is 0 Å². The van der Waals surface area contributed by atoms with E-state index >= 15 is 0 Å². The molecule has 1 aromatic rings. The van der Waals surface area contributed by atoms with Gasteiger partial charge in [-0.05, 0) is 44.0 Å². The molecule has 0 heterocycles. The average Bonchev–Trinajstić information content (AvgIpc) is 2.21. The Morgan fingerprint density at radius 1 is 1.38 bits per heavy atom. The molecule has 0 aliphatic carbocycles. The van der Waals surface area contributed by atoms with Gasteiger partial charge in [-0.3, -0.25) is 10.1 Å². The lowest BCUT2D eigenvalue weighted by molar-refractivity contribution is -0.385. The van der Waals surface area contributed by atoms with E-state index in [-0.39, 0.29) is 10.6 Å². The number of benzene rings is 1. The topological polar surface area (TPSA) is 69.2 Å². The molecular formula is C12H16N2O2. The van der Waals surface area contributed by atoms with E-state index in [1.165, 1.54) is 0 Å². The summed E-state index contributed by atoms with van der Waals surface area (Å²) in [5.41, 5.74) is 8.15. The zero-order valence-electron chi connectivity index (χ0n) is 9.56. The van der Waals surface area contributed by atoms with E-state index in [1.807, 2.05) is 25.1 Å². The Kier molecular flexibility index (Phi) is 4.19. The average molecular weight is 220 g/mol. The van der Waals surface area contributed by atoms with Crippen LogP contribution < -0.4 is 5.73 Å². The summed E-state index contributed by atoms with van der Waals surface area (Å²) in [6.45, 7) is 4.28. The smallest absolute Gasteiger partial charge is 0.272 e. The Bertz CT molecular complexity index is 425. The van der Waals surface area contributed by atoms with Crippen LogP contribution in [-0.4, -0.2) is 11.5 Å². The van der Waals surface area contributed by atoms with Crippen LogP contribution in [0.1, 0.15) is 23.1 Å². The van der Waals surface area contributed by atoms with Crippen molar-refractivity contribution in [1.82, 2.24) is 0 Å². The minimum atomic E-state index is -0.352. The summed E-state index contributed by atoms with van der Waals surface area (Å²) >= 11 is 0. The lowest BCUT2D eigenvalue weighted by Crippen LogP contribution is -1.96. The fraction of sp³-hybridized carbons (Fsp3) is 0.333. The van der Waals surface area contributed by atoms with Crippen molar-refractivity contribution in [2.45, 2.75) is 20.3 Å². The van der Waals surface area contributed by atoms with E-state index in [9.17, 15) is 10.1 Å². The maximum absolute atomic E-state index is 10.8. The molecular weight excluding hydrogens is 204 g/mol. The molecule has 0 aromatic heterocycles. The van der Waals surface area contributed by atoms with E-state index in [0.29, 0.717) is 12.1 Å². The maximum atomic E-state index is 10.8. The van der Waals surface area contributed by atoms with Crippen LogP contribution in [0.4, 0.5) is 5.69 Å². The number of rotatable bonds is 4. The third-order valence-electron chi connectivity index (χ3n) is 2.41. The molecule has 0 radical (unpaired) electrons. The summed E-state index contributed by atoms with van der Waals surface area (Å²) in [7, 11) is 0. The number of hydrogen-bond acceptors (Lipinski definition) is 3. The molecule has 0 bridgehead atoms. The van der Waals surface area contributed by atoms with Gasteiger partial charge in [-0.25, -0.2) is 0 Å². The van der Waals surface area contributed by atoms with E-state index < -0.39 is 0 Å². The van der Waals surface area contributed by atoms with Gasteiger partial charge in [0, 0.05) is 11.6 Å². The Labute approximate surface area is 94.9 Å². The third kappa shape index (κ3) is 2.90. The maximum Gasteiger partial charge on any atom is 0.272 e. The first-order chi connectivity index (χ1) is 7.56. The highest BCUT2D eigenvalue weighted by molar-refractivity contribution is 5.59. The summed E-state index contributed by atoms with van der Waals surface area (Å²) < 4.78 is 0. The van der Waals surface area contributed by atoms with Crippen LogP contribution in [0.25, 0.3) is 6.08 Å². The molecule has 0 aliphatic heterocycles. The van der Waals surface area contributed by atoms with Crippen LogP contribution in [-0.2, 0) is 0 Å². The molecule has 2 N–H and O–H groups in total. The summed E-state index contributed by atoms with van der Waals surface area (Å²) in [5.74, 6) is 0. The zero-order chi connectivity index (χ0) is 12.1. The van der Waals surface area contributed by atoms with Gasteiger partial charge in [-0.1, -0.05) is 12.2 Å². The van der Waals surface area contributed by atoms with Crippen molar-refractivity contribution in [3.05, 3.63) is 45.0 Å². The molecule has 0 unspecified atom stereocenters. The van der Waals surface area contributed by atoms with Crippen molar-refractivity contribution in [2.75, 3.05) is 6.54 Å². The number of nitro benzene ring substituents is 1. The molecule has 86 valence electrons. The van der Waals surface area contributed by atoms with Gasteiger partial charge >= 0.3 is 0 Å². The van der Waals surface area contributed by atoms with Gasteiger partial charge in [0.1, 0.15) is 0 Å². The number of hydrogen-bond donors (Lipinski definition) is 1. The van der Waals surface area contributed by atoms with Crippen molar-refractivity contribution in [2.24, 2.45) is 5.73 Å². The van der Waals surface area contributed by atoms with Gasteiger partial charge in [0.15, 0.2) is 0 Å². The molecule has 0 saturated heterocycles. The molecule has 4 nitrogen and oxygen atoms in total. The molecule has 1 aromatic carbocycles. The molecule has 0 spiro atoms. The monoisotopic (exact) mass is 220 g/mol. The van der Waals surface area contributed by atoms with Crippen LogP contribution in [0, 0.1) is 24.0 Å². The highest BCUT2D eigenvalue weighted by Crippen LogP contribution is 2.23. The SMILES string of the molecule is Cc1cc(C)c([N+](=O)[O-])cc1C=CCCN. The Morgan fingerprint density at radius 3 is 2.62 bits per heavy atom. The van der Waals surface area contributed by atoms with Crippen LogP contribution in [0.5, 0.6) is 0 Å². The minimum absolute atomic E-state index is 0.165. The molecule has 0 fully saturated rings. The molecule has 4 heteroatoms. The molecule has 1 rings (SSSR count). The lowest BCUT2D eigenvalue weighted by Gasteiger charge is -2.03. The van der Waals surface area contributed by atoms with Crippen LogP contribution >= 0.6 is 0 Å². The molecule has 16 heavy (non-hydrogen) atoms. The summed E-state index contributed by atoms with van der Waals surface area (Å²) in [5, 5.41) is 10.8. The number of aryl methyl sites for hydroxylation is 2. The Hall–Kier alpha value is -1.68. The highest BCUT2D eigenvalue weighted by atomic mass is 16.6. The molecule has 0 aliphatic rings. The standard InChI is InChI=1S/C12H16N2O2/c1-9-7-10(2)12(14(15)16)8-11(9)5-3-4-6-13/h3,5,7-8H,4,6,13H2,1-2H3. The highest BCUT2D eigenvalue weighted by Gasteiger charge is 2.11. The van der Waals surface area contributed by atoms with Gasteiger partial charge in [-0.2, -0.15) is 0 Å². The Morgan fingerprint density at radius 2 is 2.06 bits per heavy atom. The second-order valence-electron chi connectivity index (χ2n) is 3.73. The van der Waals surface area contributed by atoms with Crippen LogP contribution in [0.15, 0.2) is 18.2 Å². The van der Waals surface area contributed by atoms with Crippen molar-refractivity contribution in [3.63, 3.8) is 0 Å². The first-order valence-electron chi connectivity index (χ1n) is 5.18. The van der Waals surface area contributed by atoms with Crippen molar-refractivity contribution < 1.29 is 4.92 Å². The second kappa shape index (κ2) is 5.42. The number of nitrogens with two attached hydrogens (primary N) is 1. The first kappa shape index (κ1) is 12.4.